The molecule has 1 aromatic heterocycles. The third-order valence-corrected chi connectivity index (χ3v) is 3.27. The van der Waals surface area contributed by atoms with Crippen LogP contribution in [0.5, 0.6) is 23.1 Å². The van der Waals surface area contributed by atoms with Gasteiger partial charge in [-0.1, -0.05) is 0 Å². The molecule has 0 spiro atoms. The van der Waals surface area contributed by atoms with Crippen LogP contribution in [0, 0.1) is 0 Å². The summed E-state index contributed by atoms with van der Waals surface area (Å²) in [5.74, 6) is 1.78. The summed E-state index contributed by atoms with van der Waals surface area (Å²) in [7, 11) is 4.69. The number of rotatable bonds is 4. The third-order valence-electron chi connectivity index (χ3n) is 2.42. The number of aromatic nitrogens is 1. The zero-order valence-corrected chi connectivity index (χ0v) is 11.1. The largest absolute Gasteiger partial charge is 0.496 e. The molecule has 2 aromatic rings. The van der Waals surface area contributed by atoms with Crippen LogP contribution in [-0.4, -0.2) is 31.4 Å². The second-order valence-electron chi connectivity index (χ2n) is 3.42. The van der Waals surface area contributed by atoms with Crippen molar-refractivity contribution in [1.82, 2.24) is 4.98 Å². The first-order valence-electron chi connectivity index (χ1n) is 5.14. The van der Waals surface area contributed by atoms with E-state index in [0.717, 1.165) is 0 Å². The van der Waals surface area contributed by atoms with Crippen molar-refractivity contribution < 1.29 is 19.3 Å². The molecule has 0 unspecified atom stereocenters. The van der Waals surface area contributed by atoms with Crippen LogP contribution in [0.25, 0.3) is 10.6 Å². The van der Waals surface area contributed by atoms with E-state index in [1.165, 1.54) is 11.3 Å². The van der Waals surface area contributed by atoms with Crippen molar-refractivity contribution in [3.63, 3.8) is 0 Å². The smallest absolute Gasteiger partial charge is 0.222 e. The minimum absolute atomic E-state index is 0.0186. The van der Waals surface area contributed by atoms with E-state index in [0.29, 0.717) is 27.8 Å². The quantitative estimate of drug-likeness (QED) is 0.922. The topological polar surface area (TPSA) is 60.8 Å². The van der Waals surface area contributed by atoms with Gasteiger partial charge in [-0.2, -0.15) is 0 Å². The molecule has 0 fully saturated rings. The Morgan fingerprint density at radius 3 is 2.06 bits per heavy atom. The summed E-state index contributed by atoms with van der Waals surface area (Å²) in [6.07, 6.45) is 0. The monoisotopic (exact) mass is 267 g/mol. The molecule has 96 valence electrons. The molecule has 0 saturated heterocycles. The highest BCUT2D eigenvalue weighted by atomic mass is 32.1. The van der Waals surface area contributed by atoms with E-state index in [1.807, 2.05) is 0 Å². The molecule has 1 heterocycles. The first-order valence-corrected chi connectivity index (χ1v) is 6.02. The lowest BCUT2D eigenvalue weighted by atomic mass is 10.1. The highest BCUT2D eigenvalue weighted by molar-refractivity contribution is 7.13. The van der Waals surface area contributed by atoms with Gasteiger partial charge in [0.25, 0.3) is 0 Å². The van der Waals surface area contributed by atoms with E-state index >= 15 is 0 Å². The van der Waals surface area contributed by atoms with Crippen molar-refractivity contribution in [2.45, 2.75) is 0 Å². The molecule has 6 heteroatoms. The second kappa shape index (κ2) is 5.14. The van der Waals surface area contributed by atoms with Crippen LogP contribution in [0.2, 0.25) is 0 Å². The van der Waals surface area contributed by atoms with Crippen LogP contribution in [0.4, 0.5) is 0 Å². The van der Waals surface area contributed by atoms with Crippen LogP contribution in [-0.2, 0) is 0 Å². The van der Waals surface area contributed by atoms with E-state index in [9.17, 15) is 5.11 Å². The summed E-state index contributed by atoms with van der Waals surface area (Å²) in [6.45, 7) is 0. The van der Waals surface area contributed by atoms with Crippen LogP contribution in [0.3, 0.4) is 0 Å². The van der Waals surface area contributed by atoms with Crippen molar-refractivity contribution in [2.75, 3.05) is 21.3 Å². The van der Waals surface area contributed by atoms with Crippen molar-refractivity contribution in [1.29, 1.82) is 0 Å². The van der Waals surface area contributed by atoms with Crippen molar-refractivity contribution in [2.24, 2.45) is 0 Å². The molecule has 0 bridgehead atoms. The average molecular weight is 267 g/mol. The average Bonchev–Trinajstić information content (AvgIpc) is 2.83. The van der Waals surface area contributed by atoms with Gasteiger partial charge >= 0.3 is 0 Å². The Hall–Kier alpha value is -1.95. The lowest BCUT2D eigenvalue weighted by molar-refractivity contribution is 0.377. The van der Waals surface area contributed by atoms with E-state index in [4.69, 9.17) is 14.2 Å². The van der Waals surface area contributed by atoms with Gasteiger partial charge in [0.1, 0.15) is 22.3 Å². The van der Waals surface area contributed by atoms with Crippen molar-refractivity contribution in [3.05, 3.63) is 17.5 Å². The molecule has 0 aliphatic carbocycles. The highest BCUT2D eigenvalue weighted by Gasteiger charge is 2.18. The molecule has 0 amide bonds. The molecule has 0 saturated carbocycles. The first kappa shape index (κ1) is 12.5. The van der Waals surface area contributed by atoms with Crippen LogP contribution in [0.1, 0.15) is 0 Å². The molecule has 0 aliphatic heterocycles. The summed E-state index contributed by atoms with van der Waals surface area (Å²) in [6, 6.07) is 3.49. The molecule has 5 nitrogen and oxygen atoms in total. The SMILES string of the molecule is COc1cc(OC)c(-c2nc(O)cs2)c(OC)c1. The van der Waals surface area contributed by atoms with Gasteiger partial charge in [0.05, 0.1) is 32.3 Å². The lowest BCUT2D eigenvalue weighted by Gasteiger charge is -2.13. The van der Waals surface area contributed by atoms with Crippen molar-refractivity contribution in [3.8, 4) is 33.7 Å². The molecule has 1 aromatic carbocycles. The summed E-state index contributed by atoms with van der Waals surface area (Å²) in [5.41, 5.74) is 0.700. The molecule has 0 atom stereocenters. The van der Waals surface area contributed by atoms with Gasteiger partial charge in [0, 0.05) is 12.1 Å². The predicted molar refractivity (Wildman–Crippen MR) is 68.9 cm³/mol. The number of hydrogen-bond donors (Lipinski definition) is 1. The van der Waals surface area contributed by atoms with E-state index in [1.54, 1.807) is 38.8 Å². The number of nitrogens with zero attached hydrogens (tertiary/aromatic N) is 1. The minimum atomic E-state index is -0.0186. The van der Waals surface area contributed by atoms with Crippen LogP contribution in [0.15, 0.2) is 17.5 Å². The Morgan fingerprint density at radius 2 is 1.67 bits per heavy atom. The van der Waals surface area contributed by atoms with Gasteiger partial charge < -0.3 is 19.3 Å². The Kier molecular flexibility index (Phi) is 3.57. The zero-order chi connectivity index (χ0) is 13.1. The van der Waals surface area contributed by atoms with Gasteiger partial charge in [-0.25, -0.2) is 4.98 Å². The van der Waals surface area contributed by atoms with E-state index in [2.05, 4.69) is 4.98 Å². The predicted octanol–water partition coefficient (Wildman–Crippen LogP) is 2.54. The van der Waals surface area contributed by atoms with E-state index in [-0.39, 0.29) is 5.88 Å². The molecular weight excluding hydrogens is 254 g/mol. The fourth-order valence-electron chi connectivity index (χ4n) is 1.60. The number of thiazole rings is 1. The second-order valence-corrected chi connectivity index (χ2v) is 4.28. The molecule has 1 N–H and O–H groups in total. The maximum Gasteiger partial charge on any atom is 0.222 e. The Morgan fingerprint density at radius 1 is 1.06 bits per heavy atom. The van der Waals surface area contributed by atoms with Gasteiger partial charge in [0.15, 0.2) is 0 Å². The number of benzene rings is 1. The van der Waals surface area contributed by atoms with Gasteiger partial charge in [-0.3, -0.25) is 0 Å². The highest BCUT2D eigenvalue weighted by Crippen LogP contribution is 2.43. The maximum absolute atomic E-state index is 9.34. The third kappa shape index (κ3) is 2.19. The molecule has 0 aliphatic rings. The summed E-state index contributed by atoms with van der Waals surface area (Å²) in [5, 5.41) is 11.5. The van der Waals surface area contributed by atoms with Crippen molar-refractivity contribution >= 4 is 11.3 Å². The number of methoxy groups -OCH3 is 3. The number of ether oxygens (including phenoxy) is 3. The summed E-state index contributed by atoms with van der Waals surface area (Å²) in [4.78, 5) is 4.03. The fourth-order valence-corrected chi connectivity index (χ4v) is 2.33. The number of aromatic hydroxyl groups is 1. The van der Waals surface area contributed by atoms with Gasteiger partial charge in [-0.15, -0.1) is 11.3 Å². The van der Waals surface area contributed by atoms with E-state index < -0.39 is 0 Å². The molecular formula is C12H13NO4S. The molecule has 2 rings (SSSR count). The molecule has 0 radical (unpaired) electrons. The molecule has 18 heavy (non-hydrogen) atoms. The minimum Gasteiger partial charge on any atom is -0.496 e. The normalized spacial score (nSPS) is 10.2. The Labute approximate surface area is 109 Å². The van der Waals surface area contributed by atoms with Crippen LogP contribution >= 0.6 is 11.3 Å². The fraction of sp³-hybridized carbons (Fsp3) is 0.250. The summed E-state index contributed by atoms with van der Waals surface area (Å²) < 4.78 is 15.8. The summed E-state index contributed by atoms with van der Waals surface area (Å²) >= 11 is 1.31. The van der Waals surface area contributed by atoms with Gasteiger partial charge in [-0.05, 0) is 0 Å². The Bertz CT molecular complexity index is 528. The van der Waals surface area contributed by atoms with Gasteiger partial charge in [0.2, 0.25) is 5.88 Å². The maximum atomic E-state index is 9.34. The number of hydrogen-bond acceptors (Lipinski definition) is 6. The Balaban J connectivity index is 2.63. The zero-order valence-electron chi connectivity index (χ0n) is 10.3. The standard InChI is InChI=1S/C12H13NO4S/c1-15-7-4-8(16-2)11(9(5-7)17-3)12-13-10(14)6-18-12/h4-6,14H,1-3H3. The first-order chi connectivity index (χ1) is 8.69. The lowest BCUT2D eigenvalue weighted by Crippen LogP contribution is -1.95. The van der Waals surface area contributed by atoms with Crippen LogP contribution < -0.4 is 14.2 Å².